The van der Waals surface area contributed by atoms with Crippen LogP contribution in [0.3, 0.4) is 0 Å². The van der Waals surface area contributed by atoms with Crippen molar-refractivity contribution >= 4 is 11.7 Å². The van der Waals surface area contributed by atoms with Crippen LogP contribution in [0.4, 0.5) is 5.69 Å². The highest BCUT2D eigenvalue weighted by Crippen LogP contribution is 2.19. The molecule has 0 spiro atoms. The number of para-hydroxylation sites is 1. The third kappa shape index (κ3) is 3.97. The zero-order valence-electron chi connectivity index (χ0n) is 13.1. The zero-order valence-corrected chi connectivity index (χ0v) is 13.1. The third-order valence-electron chi connectivity index (χ3n) is 4.67. The van der Waals surface area contributed by atoms with Crippen LogP contribution in [-0.4, -0.2) is 38.7 Å². The van der Waals surface area contributed by atoms with Gasteiger partial charge in [0, 0.05) is 17.2 Å². The Labute approximate surface area is 127 Å². The number of aromatic carboxylic acids is 1. The first kappa shape index (κ1) is 15.8. The summed E-state index contributed by atoms with van der Waals surface area (Å²) in [5.41, 5.74) is 1.11. The van der Waals surface area contributed by atoms with Crippen LogP contribution in [-0.2, 0) is 0 Å². The van der Waals surface area contributed by atoms with Gasteiger partial charge in [-0.25, -0.2) is 0 Å². The quantitative estimate of drug-likeness (QED) is 0.814. The summed E-state index contributed by atoms with van der Waals surface area (Å²) >= 11 is 0. The van der Waals surface area contributed by atoms with Gasteiger partial charge in [0.2, 0.25) is 0 Å². The molecular weight excluding hydrogens is 264 g/mol. The van der Waals surface area contributed by atoms with Gasteiger partial charge >= 0.3 is 0 Å². The Kier molecular flexibility index (Phi) is 5.62. The van der Waals surface area contributed by atoms with Crippen molar-refractivity contribution in [2.45, 2.75) is 26.7 Å². The number of hydrogen-bond acceptors (Lipinski definition) is 3. The average molecular weight is 290 g/mol. The number of carboxylic acid groups (broad SMARTS) is 1. The molecule has 1 aliphatic heterocycles. The van der Waals surface area contributed by atoms with Gasteiger partial charge in [-0.05, 0) is 18.9 Å². The summed E-state index contributed by atoms with van der Waals surface area (Å²) < 4.78 is 0. The number of piperazine rings is 1. The van der Waals surface area contributed by atoms with E-state index < -0.39 is 5.97 Å². The molecule has 0 atom stereocenters. The summed E-state index contributed by atoms with van der Waals surface area (Å²) in [5, 5.41) is 11.2. The van der Waals surface area contributed by atoms with Crippen molar-refractivity contribution in [3.05, 3.63) is 29.8 Å². The largest absolute Gasteiger partial charge is 0.545 e. The first-order chi connectivity index (χ1) is 10.2. The number of carbonyl (C=O) groups is 1. The van der Waals surface area contributed by atoms with Gasteiger partial charge in [-0.3, -0.25) is 0 Å². The second kappa shape index (κ2) is 7.46. The van der Waals surface area contributed by atoms with E-state index in [0.29, 0.717) is 5.56 Å². The number of rotatable bonds is 6. The second-order valence-corrected chi connectivity index (χ2v) is 5.93. The molecule has 0 bridgehead atoms. The van der Waals surface area contributed by atoms with E-state index in [-0.39, 0.29) is 0 Å². The third-order valence-corrected chi connectivity index (χ3v) is 4.67. The number of nitrogens with one attached hydrogen (secondary N) is 1. The van der Waals surface area contributed by atoms with Crippen LogP contribution in [0.25, 0.3) is 0 Å². The highest BCUT2D eigenvalue weighted by Gasteiger charge is 2.23. The minimum atomic E-state index is -1.09. The molecule has 1 aliphatic rings. The summed E-state index contributed by atoms with van der Waals surface area (Å²) in [6.45, 7) is 9.76. The van der Waals surface area contributed by atoms with Crippen molar-refractivity contribution in [3.8, 4) is 0 Å². The number of nitrogens with zero attached hydrogens (tertiary/aromatic N) is 1. The SMILES string of the molecule is CCC(CC)C[NH+]1CCN(c2ccccc2C(=O)[O-])CC1. The molecule has 0 saturated carbocycles. The van der Waals surface area contributed by atoms with Gasteiger partial charge in [-0.1, -0.05) is 32.0 Å². The van der Waals surface area contributed by atoms with Crippen molar-refractivity contribution < 1.29 is 14.8 Å². The maximum absolute atomic E-state index is 11.2. The average Bonchev–Trinajstić information content (AvgIpc) is 2.53. The fourth-order valence-electron chi connectivity index (χ4n) is 3.18. The molecule has 1 aromatic carbocycles. The van der Waals surface area contributed by atoms with Crippen LogP contribution < -0.4 is 14.9 Å². The normalized spacial score (nSPS) is 16.4. The molecule has 0 radical (unpaired) electrons. The van der Waals surface area contributed by atoms with E-state index in [9.17, 15) is 9.90 Å². The molecule has 1 heterocycles. The molecule has 1 saturated heterocycles. The Hall–Kier alpha value is -1.55. The Morgan fingerprint density at radius 1 is 1.24 bits per heavy atom. The van der Waals surface area contributed by atoms with Crippen LogP contribution >= 0.6 is 0 Å². The van der Waals surface area contributed by atoms with Crippen LogP contribution in [0, 0.1) is 5.92 Å². The standard InChI is InChI=1S/C17H26N2O2/c1-3-14(4-2)13-18-9-11-19(12-10-18)16-8-6-5-7-15(16)17(20)21/h5-8,14H,3-4,9-13H2,1-2H3,(H,20,21). The molecule has 0 unspecified atom stereocenters. The number of carbonyl (C=O) groups excluding carboxylic acids is 1. The summed E-state index contributed by atoms with van der Waals surface area (Å²) in [6.07, 6.45) is 2.49. The Morgan fingerprint density at radius 3 is 2.43 bits per heavy atom. The summed E-state index contributed by atoms with van der Waals surface area (Å²) in [5.74, 6) is -0.278. The van der Waals surface area contributed by atoms with Gasteiger partial charge in [-0.15, -0.1) is 0 Å². The minimum absolute atomic E-state index is 0.306. The van der Waals surface area contributed by atoms with E-state index in [0.717, 1.165) is 37.8 Å². The molecule has 0 aliphatic carbocycles. The molecule has 21 heavy (non-hydrogen) atoms. The highest BCUT2D eigenvalue weighted by atomic mass is 16.4. The van der Waals surface area contributed by atoms with E-state index in [2.05, 4.69) is 18.7 Å². The lowest BCUT2D eigenvalue weighted by Gasteiger charge is -2.36. The predicted octanol–water partition coefficient (Wildman–Crippen LogP) is 0.191. The van der Waals surface area contributed by atoms with Crippen LogP contribution in [0.5, 0.6) is 0 Å². The zero-order chi connectivity index (χ0) is 15.2. The molecule has 1 N–H and O–H groups in total. The van der Waals surface area contributed by atoms with E-state index in [4.69, 9.17) is 0 Å². The monoisotopic (exact) mass is 290 g/mol. The lowest BCUT2D eigenvalue weighted by atomic mass is 10.0. The molecule has 1 aromatic rings. The van der Waals surface area contributed by atoms with Gasteiger partial charge in [0.05, 0.1) is 38.7 Å². The molecule has 1 fully saturated rings. The van der Waals surface area contributed by atoms with Crippen molar-refractivity contribution in [3.63, 3.8) is 0 Å². The summed E-state index contributed by atoms with van der Waals surface area (Å²) in [7, 11) is 0. The summed E-state index contributed by atoms with van der Waals surface area (Å²) in [4.78, 5) is 15.0. The lowest BCUT2D eigenvalue weighted by Crippen LogP contribution is -3.15. The molecule has 4 nitrogen and oxygen atoms in total. The Balaban J connectivity index is 1.97. The van der Waals surface area contributed by atoms with Gasteiger partial charge in [0.15, 0.2) is 0 Å². The highest BCUT2D eigenvalue weighted by molar-refractivity contribution is 5.93. The topological polar surface area (TPSA) is 47.8 Å². The first-order valence-corrected chi connectivity index (χ1v) is 8.04. The lowest BCUT2D eigenvalue weighted by molar-refractivity contribution is -0.904. The number of anilines is 1. The van der Waals surface area contributed by atoms with Crippen LogP contribution in [0.15, 0.2) is 24.3 Å². The van der Waals surface area contributed by atoms with E-state index in [1.54, 1.807) is 17.0 Å². The maximum Gasteiger partial charge on any atom is 0.0949 e. The van der Waals surface area contributed by atoms with E-state index in [1.807, 2.05) is 12.1 Å². The van der Waals surface area contributed by atoms with Gasteiger partial charge in [0.1, 0.15) is 0 Å². The molecule has 2 rings (SSSR count). The first-order valence-electron chi connectivity index (χ1n) is 8.04. The Morgan fingerprint density at radius 2 is 1.86 bits per heavy atom. The fourth-order valence-corrected chi connectivity index (χ4v) is 3.18. The molecular formula is C17H26N2O2. The van der Waals surface area contributed by atoms with Crippen molar-refractivity contribution in [2.24, 2.45) is 5.92 Å². The number of benzene rings is 1. The molecule has 0 aromatic heterocycles. The van der Waals surface area contributed by atoms with Crippen molar-refractivity contribution in [2.75, 3.05) is 37.6 Å². The van der Waals surface area contributed by atoms with E-state index >= 15 is 0 Å². The maximum atomic E-state index is 11.2. The number of carboxylic acids is 1. The second-order valence-electron chi connectivity index (χ2n) is 5.93. The van der Waals surface area contributed by atoms with Crippen LogP contribution in [0.2, 0.25) is 0 Å². The Bertz CT molecular complexity index is 464. The predicted molar refractivity (Wildman–Crippen MR) is 82.6 cm³/mol. The number of hydrogen-bond donors (Lipinski definition) is 1. The number of quaternary nitrogens is 1. The smallest absolute Gasteiger partial charge is 0.0949 e. The van der Waals surface area contributed by atoms with Gasteiger partial charge < -0.3 is 19.7 Å². The minimum Gasteiger partial charge on any atom is -0.545 e. The van der Waals surface area contributed by atoms with E-state index in [1.165, 1.54) is 19.4 Å². The van der Waals surface area contributed by atoms with Crippen molar-refractivity contribution in [1.29, 1.82) is 0 Å². The van der Waals surface area contributed by atoms with Crippen LogP contribution in [0.1, 0.15) is 37.0 Å². The van der Waals surface area contributed by atoms with Gasteiger partial charge in [-0.2, -0.15) is 0 Å². The van der Waals surface area contributed by atoms with Crippen molar-refractivity contribution in [1.82, 2.24) is 0 Å². The molecule has 0 amide bonds. The fraction of sp³-hybridized carbons (Fsp3) is 0.588. The summed E-state index contributed by atoms with van der Waals surface area (Å²) in [6, 6.07) is 7.17. The molecule has 116 valence electrons. The van der Waals surface area contributed by atoms with Gasteiger partial charge in [0.25, 0.3) is 0 Å². The molecule has 4 heteroatoms.